The number of Topliss-reactive ketones (excluding diaryl/α,β-unsaturated/α-hetero) is 1. The van der Waals surface area contributed by atoms with Crippen LogP contribution in [0.15, 0.2) is 75.4 Å². The van der Waals surface area contributed by atoms with Crippen LogP contribution in [-0.4, -0.2) is 27.9 Å². The molecule has 0 saturated carbocycles. The number of benzene rings is 2. The van der Waals surface area contributed by atoms with E-state index in [1.807, 2.05) is 60.4 Å². The van der Waals surface area contributed by atoms with E-state index in [0.29, 0.717) is 29.8 Å². The van der Waals surface area contributed by atoms with Crippen LogP contribution >= 0.6 is 15.9 Å². The van der Waals surface area contributed by atoms with Gasteiger partial charge in [0.25, 0.3) is 5.56 Å². The number of hydrogen-bond donors (Lipinski definition) is 0. The predicted molar refractivity (Wildman–Crippen MR) is 149 cm³/mol. The summed E-state index contributed by atoms with van der Waals surface area (Å²) in [5, 5.41) is 0. The van der Waals surface area contributed by atoms with Crippen LogP contribution in [0.2, 0.25) is 0 Å². The number of ether oxygens (including phenoxy) is 1. The van der Waals surface area contributed by atoms with E-state index in [4.69, 9.17) is 9.72 Å². The highest BCUT2D eigenvalue weighted by molar-refractivity contribution is 9.10. The summed E-state index contributed by atoms with van der Waals surface area (Å²) in [5.41, 5.74) is 3.99. The number of rotatable bonds is 5. The minimum absolute atomic E-state index is 0.0229. The molecule has 0 radical (unpaired) electrons. The van der Waals surface area contributed by atoms with Crippen molar-refractivity contribution >= 4 is 39.2 Å². The van der Waals surface area contributed by atoms with Gasteiger partial charge in [-0.2, -0.15) is 0 Å². The molecule has 1 aliphatic carbocycles. The van der Waals surface area contributed by atoms with Crippen molar-refractivity contribution in [3.63, 3.8) is 0 Å². The Kier molecular flexibility index (Phi) is 6.86. The van der Waals surface area contributed by atoms with Gasteiger partial charge in [-0.1, -0.05) is 59.6 Å². The van der Waals surface area contributed by atoms with E-state index in [-0.39, 0.29) is 29.9 Å². The van der Waals surface area contributed by atoms with Crippen molar-refractivity contribution in [1.29, 1.82) is 0 Å². The number of aryl methyl sites for hydroxylation is 1. The number of halogens is 1. The molecule has 2 aliphatic rings. The highest BCUT2D eigenvalue weighted by atomic mass is 79.9. The lowest BCUT2D eigenvalue weighted by Gasteiger charge is -2.44. The molecule has 0 N–H and O–H groups in total. The van der Waals surface area contributed by atoms with Crippen LogP contribution in [0.25, 0.3) is 0 Å². The molecule has 1 aliphatic heterocycles. The molecule has 0 amide bonds. The maximum Gasteiger partial charge on any atom is 0.326 e. The fraction of sp³-hybridized carbons (Fsp3) is 0.333. The second kappa shape index (κ2) is 9.98. The molecule has 0 fully saturated rings. The minimum atomic E-state index is -0.592. The van der Waals surface area contributed by atoms with E-state index in [0.717, 1.165) is 27.0 Å². The Bertz CT molecular complexity index is 1500. The Balaban J connectivity index is 1.82. The van der Waals surface area contributed by atoms with Gasteiger partial charge in [0.05, 0.1) is 12.2 Å². The molecule has 7 nitrogen and oxygen atoms in total. The standard InChI is InChI=1S/C30H30BrN3O4/c1-5-38-24(36)16-33-17-32-28-27(29(33)37)25(19-8-6-18(2)7-9-19)26-22(14-30(3,4)15-23(26)35)34(28)21-12-10-20(31)11-13-21/h6-13,17,25H,5,14-16H2,1-4H3. The average molecular weight is 576 g/mol. The number of carbonyl (C=O) groups is 2. The van der Waals surface area contributed by atoms with Crippen molar-refractivity contribution < 1.29 is 14.3 Å². The number of nitrogens with zero attached hydrogens (tertiary/aromatic N) is 3. The summed E-state index contributed by atoms with van der Waals surface area (Å²) in [6.07, 6.45) is 2.44. The van der Waals surface area contributed by atoms with Gasteiger partial charge in [0.15, 0.2) is 5.78 Å². The van der Waals surface area contributed by atoms with Gasteiger partial charge in [-0.15, -0.1) is 0 Å². The van der Waals surface area contributed by atoms with Gasteiger partial charge in [0.1, 0.15) is 18.7 Å². The van der Waals surface area contributed by atoms with Gasteiger partial charge in [-0.3, -0.25) is 23.9 Å². The molecule has 8 heteroatoms. The van der Waals surface area contributed by atoms with Crippen molar-refractivity contribution in [3.05, 3.63) is 97.6 Å². The molecule has 1 unspecified atom stereocenters. The van der Waals surface area contributed by atoms with Gasteiger partial charge in [-0.05, 0) is 55.5 Å². The molecular formula is C30H30BrN3O4. The van der Waals surface area contributed by atoms with Crippen molar-refractivity contribution in [3.8, 4) is 0 Å². The Morgan fingerprint density at radius 3 is 2.42 bits per heavy atom. The molecule has 0 bridgehead atoms. The molecule has 38 heavy (non-hydrogen) atoms. The van der Waals surface area contributed by atoms with Gasteiger partial charge in [0.2, 0.25) is 0 Å². The maximum atomic E-state index is 14.1. The fourth-order valence-corrected chi connectivity index (χ4v) is 5.71. The van der Waals surface area contributed by atoms with Crippen molar-refractivity contribution in [2.45, 2.75) is 53.0 Å². The van der Waals surface area contributed by atoms with Crippen LogP contribution < -0.4 is 10.5 Å². The Morgan fingerprint density at radius 2 is 1.76 bits per heavy atom. The molecule has 1 atom stereocenters. The lowest BCUT2D eigenvalue weighted by molar-refractivity contribution is -0.143. The third kappa shape index (κ3) is 4.73. The summed E-state index contributed by atoms with van der Waals surface area (Å²) < 4.78 is 7.29. The van der Waals surface area contributed by atoms with E-state index in [1.54, 1.807) is 6.92 Å². The Labute approximate surface area is 230 Å². The highest BCUT2D eigenvalue weighted by Crippen LogP contribution is 2.52. The number of allylic oxidation sites excluding steroid dienone is 2. The molecular weight excluding hydrogens is 546 g/mol. The van der Waals surface area contributed by atoms with Gasteiger partial charge < -0.3 is 4.74 Å². The summed E-state index contributed by atoms with van der Waals surface area (Å²) >= 11 is 3.50. The first kappa shape index (κ1) is 26.1. The van der Waals surface area contributed by atoms with E-state index in [1.165, 1.54) is 10.9 Å². The van der Waals surface area contributed by atoms with E-state index in [2.05, 4.69) is 29.8 Å². The van der Waals surface area contributed by atoms with Crippen LogP contribution in [0.5, 0.6) is 0 Å². The fourth-order valence-electron chi connectivity index (χ4n) is 5.45. The maximum absolute atomic E-state index is 14.1. The summed E-state index contributed by atoms with van der Waals surface area (Å²) in [7, 11) is 0. The first-order chi connectivity index (χ1) is 18.1. The van der Waals surface area contributed by atoms with Gasteiger partial charge >= 0.3 is 5.97 Å². The first-order valence-corrected chi connectivity index (χ1v) is 13.5. The third-order valence-corrected chi connectivity index (χ3v) is 7.64. The van der Waals surface area contributed by atoms with Crippen LogP contribution in [0.1, 0.15) is 56.2 Å². The zero-order valence-electron chi connectivity index (χ0n) is 22.0. The largest absolute Gasteiger partial charge is 0.465 e. The molecule has 5 rings (SSSR count). The van der Waals surface area contributed by atoms with Crippen LogP contribution in [-0.2, 0) is 20.9 Å². The number of hydrogen-bond acceptors (Lipinski definition) is 6. The van der Waals surface area contributed by atoms with Crippen LogP contribution in [0.4, 0.5) is 11.5 Å². The van der Waals surface area contributed by atoms with Crippen molar-refractivity contribution in [1.82, 2.24) is 9.55 Å². The highest BCUT2D eigenvalue weighted by Gasteiger charge is 2.45. The lowest BCUT2D eigenvalue weighted by atomic mass is 9.68. The quantitative estimate of drug-likeness (QED) is 0.357. The topological polar surface area (TPSA) is 81.5 Å². The Morgan fingerprint density at radius 1 is 1.08 bits per heavy atom. The molecule has 196 valence electrons. The number of ketones is 1. The summed E-state index contributed by atoms with van der Waals surface area (Å²) in [5.74, 6) is -0.605. The third-order valence-electron chi connectivity index (χ3n) is 7.11. The number of carbonyl (C=O) groups excluding carboxylic acids is 2. The predicted octanol–water partition coefficient (Wildman–Crippen LogP) is 5.80. The van der Waals surface area contributed by atoms with E-state index < -0.39 is 11.9 Å². The molecule has 3 aromatic rings. The van der Waals surface area contributed by atoms with Crippen LogP contribution in [0.3, 0.4) is 0 Å². The zero-order valence-corrected chi connectivity index (χ0v) is 23.5. The SMILES string of the molecule is CCOC(=O)Cn1cnc2c(c1=O)C(c1ccc(C)cc1)C1=C(CC(C)(C)CC1=O)N2c1ccc(Br)cc1. The number of aromatic nitrogens is 2. The first-order valence-electron chi connectivity index (χ1n) is 12.7. The van der Waals surface area contributed by atoms with Crippen molar-refractivity contribution in [2.75, 3.05) is 11.5 Å². The summed E-state index contributed by atoms with van der Waals surface area (Å²) in [6.45, 7) is 7.87. The Hall–Kier alpha value is -3.52. The van der Waals surface area contributed by atoms with Crippen LogP contribution in [0, 0.1) is 12.3 Å². The minimum Gasteiger partial charge on any atom is -0.465 e. The molecule has 1 aromatic heterocycles. The number of anilines is 2. The van der Waals surface area contributed by atoms with Crippen molar-refractivity contribution in [2.24, 2.45) is 5.41 Å². The van der Waals surface area contributed by atoms with Gasteiger partial charge in [-0.25, -0.2) is 4.98 Å². The van der Waals surface area contributed by atoms with Gasteiger partial charge in [0, 0.05) is 33.8 Å². The zero-order chi connectivity index (χ0) is 27.2. The number of esters is 1. The van der Waals surface area contributed by atoms with E-state index >= 15 is 0 Å². The lowest BCUT2D eigenvalue weighted by Crippen LogP contribution is -2.42. The van der Waals surface area contributed by atoms with E-state index in [9.17, 15) is 14.4 Å². The molecule has 0 spiro atoms. The second-order valence-corrected chi connectivity index (χ2v) is 11.6. The number of fused-ring (bicyclic) bond motifs is 1. The molecule has 0 saturated heterocycles. The smallest absolute Gasteiger partial charge is 0.326 e. The molecule has 2 heterocycles. The second-order valence-electron chi connectivity index (χ2n) is 10.7. The average Bonchev–Trinajstić information content (AvgIpc) is 2.85. The monoisotopic (exact) mass is 575 g/mol. The summed E-state index contributed by atoms with van der Waals surface area (Å²) in [4.78, 5) is 47.0. The summed E-state index contributed by atoms with van der Waals surface area (Å²) in [6, 6.07) is 15.7. The molecule has 2 aromatic carbocycles. The normalized spacial score (nSPS) is 18.2.